The van der Waals surface area contributed by atoms with Crippen molar-refractivity contribution in [3.63, 3.8) is 0 Å². The van der Waals surface area contributed by atoms with Crippen molar-refractivity contribution >= 4 is 17.6 Å². The fourth-order valence-electron chi connectivity index (χ4n) is 1.67. The predicted octanol–water partition coefficient (Wildman–Crippen LogP) is 1.99. The lowest BCUT2D eigenvalue weighted by molar-refractivity contribution is 0.0695. The summed E-state index contributed by atoms with van der Waals surface area (Å²) in [7, 11) is 3.90. The normalized spacial score (nSPS) is 11.5. The molecule has 18 heavy (non-hydrogen) atoms. The summed E-state index contributed by atoms with van der Waals surface area (Å²) in [5, 5.41) is 13.7. The number of halogens is 1. The summed E-state index contributed by atoms with van der Waals surface area (Å²) in [5.41, 5.74) is 0.713. The van der Waals surface area contributed by atoms with Crippen molar-refractivity contribution in [2.45, 2.75) is 26.8 Å². The smallest absolute Gasteiger partial charge is 0.340 e. The number of hydrogen-bond acceptors (Lipinski definition) is 3. The minimum absolute atomic E-state index is 0.143. The standard InChI is InChI=1S/C12H20ClN3O2/c1-8(2)7-9-10(12(17)18)11(13)16(14-9)6-5-15(3)4/h8H,5-7H2,1-4H3,(H,17,18). The first-order chi connectivity index (χ1) is 8.32. The zero-order chi connectivity index (χ0) is 13.9. The third-order valence-corrected chi connectivity index (χ3v) is 2.92. The van der Waals surface area contributed by atoms with Crippen molar-refractivity contribution < 1.29 is 9.90 Å². The second-order valence-corrected chi connectivity index (χ2v) is 5.40. The number of rotatable bonds is 6. The maximum absolute atomic E-state index is 11.2. The Labute approximate surface area is 112 Å². The largest absolute Gasteiger partial charge is 0.478 e. The lowest BCUT2D eigenvalue weighted by Crippen LogP contribution is -2.19. The van der Waals surface area contributed by atoms with E-state index in [2.05, 4.69) is 5.10 Å². The van der Waals surface area contributed by atoms with Gasteiger partial charge < -0.3 is 10.0 Å². The van der Waals surface area contributed by atoms with Crippen molar-refractivity contribution in [3.05, 3.63) is 16.4 Å². The zero-order valence-electron chi connectivity index (χ0n) is 11.3. The highest BCUT2D eigenvalue weighted by Crippen LogP contribution is 2.22. The molecule has 0 aliphatic heterocycles. The molecule has 0 saturated carbocycles. The molecule has 0 spiro atoms. The van der Waals surface area contributed by atoms with Crippen LogP contribution in [0.4, 0.5) is 0 Å². The van der Waals surface area contributed by atoms with Crippen LogP contribution in [-0.4, -0.2) is 46.4 Å². The Kier molecular flexibility index (Phi) is 5.16. The summed E-state index contributed by atoms with van der Waals surface area (Å²) >= 11 is 6.09. The number of carbonyl (C=O) groups is 1. The molecule has 1 rings (SSSR count). The van der Waals surface area contributed by atoms with Crippen LogP contribution in [0.15, 0.2) is 0 Å². The molecule has 1 aromatic heterocycles. The van der Waals surface area contributed by atoms with E-state index in [0.717, 1.165) is 6.54 Å². The van der Waals surface area contributed by atoms with Crippen LogP contribution in [0.5, 0.6) is 0 Å². The number of carboxylic acid groups (broad SMARTS) is 1. The molecule has 0 aromatic carbocycles. The minimum Gasteiger partial charge on any atom is -0.478 e. The second-order valence-electron chi connectivity index (χ2n) is 5.04. The molecule has 102 valence electrons. The van der Waals surface area contributed by atoms with E-state index in [1.54, 1.807) is 4.68 Å². The van der Waals surface area contributed by atoms with Gasteiger partial charge in [0.15, 0.2) is 0 Å². The Morgan fingerprint density at radius 2 is 2.11 bits per heavy atom. The van der Waals surface area contributed by atoms with Gasteiger partial charge in [-0.05, 0) is 26.4 Å². The van der Waals surface area contributed by atoms with Crippen molar-refractivity contribution in [1.29, 1.82) is 0 Å². The molecule has 0 amide bonds. The first kappa shape index (κ1) is 15.0. The number of hydrogen-bond donors (Lipinski definition) is 1. The van der Waals surface area contributed by atoms with E-state index in [9.17, 15) is 9.90 Å². The predicted molar refractivity (Wildman–Crippen MR) is 71.3 cm³/mol. The number of nitrogens with zero attached hydrogens (tertiary/aromatic N) is 3. The number of aromatic carboxylic acids is 1. The molecule has 0 aliphatic carbocycles. The first-order valence-electron chi connectivity index (χ1n) is 5.96. The summed E-state index contributed by atoms with van der Waals surface area (Å²) in [6.07, 6.45) is 0.621. The molecular weight excluding hydrogens is 254 g/mol. The summed E-state index contributed by atoms with van der Waals surface area (Å²) in [6.45, 7) is 5.41. The average molecular weight is 274 g/mol. The van der Waals surface area contributed by atoms with E-state index in [1.807, 2.05) is 32.8 Å². The molecule has 0 radical (unpaired) electrons. The maximum Gasteiger partial charge on any atom is 0.340 e. The Morgan fingerprint density at radius 1 is 1.50 bits per heavy atom. The average Bonchev–Trinajstić information content (AvgIpc) is 2.51. The molecule has 1 heterocycles. The maximum atomic E-state index is 11.2. The third kappa shape index (κ3) is 3.71. The minimum atomic E-state index is -1.01. The monoisotopic (exact) mass is 273 g/mol. The van der Waals surface area contributed by atoms with Crippen LogP contribution in [0.2, 0.25) is 5.15 Å². The molecule has 5 nitrogen and oxygen atoms in total. The zero-order valence-corrected chi connectivity index (χ0v) is 12.0. The van der Waals surface area contributed by atoms with E-state index in [1.165, 1.54) is 0 Å². The first-order valence-corrected chi connectivity index (χ1v) is 6.34. The van der Waals surface area contributed by atoms with Crippen LogP contribution in [0, 0.1) is 5.92 Å². The van der Waals surface area contributed by atoms with Crippen LogP contribution in [-0.2, 0) is 13.0 Å². The number of aromatic nitrogens is 2. The van der Waals surface area contributed by atoms with Gasteiger partial charge >= 0.3 is 5.97 Å². The number of likely N-dealkylation sites (N-methyl/N-ethyl adjacent to an activating group) is 1. The molecule has 0 aliphatic rings. The van der Waals surface area contributed by atoms with Gasteiger partial charge in [0.2, 0.25) is 0 Å². The second kappa shape index (κ2) is 6.20. The van der Waals surface area contributed by atoms with E-state index in [-0.39, 0.29) is 10.7 Å². The molecule has 0 bridgehead atoms. The van der Waals surface area contributed by atoms with Gasteiger partial charge in [-0.1, -0.05) is 25.4 Å². The molecule has 0 fully saturated rings. The fourth-order valence-corrected chi connectivity index (χ4v) is 1.98. The van der Waals surface area contributed by atoms with E-state index >= 15 is 0 Å². The highest BCUT2D eigenvalue weighted by molar-refractivity contribution is 6.32. The third-order valence-electron chi connectivity index (χ3n) is 2.54. The fraction of sp³-hybridized carbons (Fsp3) is 0.667. The lowest BCUT2D eigenvalue weighted by Gasteiger charge is -2.09. The molecule has 0 atom stereocenters. The molecular formula is C12H20ClN3O2. The van der Waals surface area contributed by atoms with Crippen molar-refractivity contribution in [3.8, 4) is 0 Å². The van der Waals surface area contributed by atoms with Crippen LogP contribution in [0.1, 0.15) is 29.9 Å². The van der Waals surface area contributed by atoms with Crippen LogP contribution in [0.3, 0.4) is 0 Å². The Balaban J connectivity index is 3.03. The lowest BCUT2D eigenvalue weighted by atomic mass is 10.1. The van der Waals surface area contributed by atoms with Crippen molar-refractivity contribution in [2.24, 2.45) is 5.92 Å². The van der Waals surface area contributed by atoms with Gasteiger partial charge in [0.1, 0.15) is 10.7 Å². The van der Waals surface area contributed by atoms with Crippen molar-refractivity contribution in [1.82, 2.24) is 14.7 Å². The van der Waals surface area contributed by atoms with Crippen LogP contribution >= 0.6 is 11.6 Å². The molecule has 0 unspecified atom stereocenters. The van der Waals surface area contributed by atoms with Gasteiger partial charge in [0.05, 0.1) is 12.2 Å². The van der Waals surface area contributed by atoms with E-state index < -0.39 is 5.97 Å². The topological polar surface area (TPSA) is 58.4 Å². The van der Waals surface area contributed by atoms with Gasteiger partial charge in [-0.2, -0.15) is 5.10 Å². The molecule has 0 saturated heterocycles. The van der Waals surface area contributed by atoms with E-state index in [4.69, 9.17) is 11.6 Å². The molecule has 1 N–H and O–H groups in total. The van der Waals surface area contributed by atoms with Crippen molar-refractivity contribution in [2.75, 3.05) is 20.6 Å². The Morgan fingerprint density at radius 3 is 2.56 bits per heavy atom. The summed E-state index contributed by atoms with van der Waals surface area (Å²) < 4.78 is 1.57. The SMILES string of the molecule is CC(C)Cc1nn(CCN(C)C)c(Cl)c1C(=O)O. The Bertz CT molecular complexity index is 427. The quantitative estimate of drug-likeness (QED) is 0.861. The summed E-state index contributed by atoms with van der Waals surface area (Å²) in [6, 6.07) is 0. The van der Waals surface area contributed by atoms with Crippen LogP contribution < -0.4 is 0 Å². The van der Waals surface area contributed by atoms with Crippen LogP contribution in [0.25, 0.3) is 0 Å². The van der Waals surface area contributed by atoms with E-state index in [0.29, 0.717) is 24.6 Å². The highest BCUT2D eigenvalue weighted by Gasteiger charge is 2.22. The van der Waals surface area contributed by atoms with Gasteiger partial charge in [-0.3, -0.25) is 4.68 Å². The summed E-state index contributed by atoms with van der Waals surface area (Å²) in [4.78, 5) is 13.2. The van der Waals surface area contributed by atoms with Gasteiger partial charge in [0.25, 0.3) is 0 Å². The number of carboxylic acids is 1. The highest BCUT2D eigenvalue weighted by atomic mass is 35.5. The van der Waals surface area contributed by atoms with Gasteiger partial charge in [-0.15, -0.1) is 0 Å². The summed E-state index contributed by atoms with van der Waals surface area (Å²) in [5.74, 6) is -0.664. The Hall–Kier alpha value is -1.07. The van der Waals surface area contributed by atoms with Gasteiger partial charge in [-0.25, -0.2) is 4.79 Å². The van der Waals surface area contributed by atoms with Gasteiger partial charge in [0, 0.05) is 6.54 Å². The molecule has 1 aromatic rings. The molecule has 6 heteroatoms.